The monoisotopic (exact) mass is 330 g/mol. The highest BCUT2D eigenvalue weighted by atomic mass is 16.1. The van der Waals surface area contributed by atoms with E-state index in [9.17, 15) is 9.59 Å². The summed E-state index contributed by atoms with van der Waals surface area (Å²) in [6, 6.07) is 7.20. The number of hydrogen-bond acceptors (Lipinski definition) is 4. The Morgan fingerprint density at radius 2 is 2.00 bits per heavy atom. The van der Waals surface area contributed by atoms with Crippen LogP contribution in [0.25, 0.3) is 10.9 Å². The van der Waals surface area contributed by atoms with Gasteiger partial charge in [0.1, 0.15) is 5.82 Å². The van der Waals surface area contributed by atoms with Crippen LogP contribution in [0, 0.1) is 5.41 Å². The fourth-order valence-electron chi connectivity index (χ4n) is 2.82. The minimum absolute atomic E-state index is 0.00860. The third-order valence-electron chi connectivity index (χ3n) is 3.76. The Kier molecular flexibility index (Phi) is 5.72. The van der Waals surface area contributed by atoms with E-state index in [1.165, 1.54) is 0 Å². The highest BCUT2D eigenvalue weighted by Crippen LogP contribution is 2.14. The van der Waals surface area contributed by atoms with Crippen molar-refractivity contribution in [2.45, 2.75) is 26.7 Å². The van der Waals surface area contributed by atoms with E-state index in [0.717, 1.165) is 6.54 Å². The summed E-state index contributed by atoms with van der Waals surface area (Å²) in [5.41, 5.74) is 0.501. The zero-order valence-electron chi connectivity index (χ0n) is 14.8. The van der Waals surface area contributed by atoms with Gasteiger partial charge in [0.05, 0.1) is 10.9 Å². The number of benzene rings is 1. The number of amides is 1. The number of H-pyrrole nitrogens is 1. The van der Waals surface area contributed by atoms with Gasteiger partial charge in [0.2, 0.25) is 5.91 Å². The van der Waals surface area contributed by atoms with Crippen molar-refractivity contribution in [3.8, 4) is 0 Å². The lowest BCUT2D eigenvalue weighted by Crippen LogP contribution is -2.40. The second-order valence-electron chi connectivity index (χ2n) is 7.21. The first-order chi connectivity index (χ1) is 11.3. The Bertz CT molecular complexity index is 765. The van der Waals surface area contributed by atoms with Crippen molar-refractivity contribution in [1.82, 2.24) is 20.2 Å². The number of rotatable bonds is 7. The molecule has 1 amide bonds. The second-order valence-corrected chi connectivity index (χ2v) is 7.21. The molecule has 1 heterocycles. The molecule has 0 spiro atoms. The molecular formula is C18H26N4O2. The van der Waals surface area contributed by atoms with Crippen LogP contribution in [-0.2, 0) is 11.2 Å². The molecule has 0 bridgehead atoms. The molecule has 1 aromatic carbocycles. The van der Waals surface area contributed by atoms with Crippen LogP contribution in [0.4, 0.5) is 0 Å². The predicted molar refractivity (Wildman–Crippen MR) is 96.0 cm³/mol. The number of aromatic amines is 1. The van der Waals surface area contributed by atoms with E-state index in [4.69, 9.17) is 0 Å². The average molecular weight is 330 g/mol. The number of nitrogens with one attached hydrogen (secondary N) is 2. The first kappa shape index (κ1) is 18.1. The summed E-state index contributed by atoms with van der Waals surface area (Å²) in [5, 5.41) is 3.53. The topological polar surface area (TPSA) is 78.1 Å². The van der Waals surface area contributed by atoms with Gasteiger partial charge in [0.15, 0.2) is 0 Å². The van der Waals surface area contributed by atoms with Crippen LogP contribution in [0.3, 0.4) is 0 Å². The second kappa shape index (κ2) is 7.57. The molecule has 0 fully saturated rings. The molecule has 0 aliphatic rings. The zero-order chi connectivity index (χ0) is 17.7. The molecule has 130 valence electrons. The van der Waals surface area contributed by atoms with Crippen molar-refractivity contribution in [3.05, 3.63) is 40.4 Å². The van der Waals surface area contributed by atoms with Gasteiger partial charge in [-0.05, 0) is 31.6 Å². The van der Waals surface area contributed by atoms with Gasteiger partial charge in [-0.3, -0.25) is 9.59 Å². The minimum Gasteiger partial charge on any atom is -0.356 e. The SMILES string of the molecule is CN(C)CC(C)(C)CNC(=O)CCc1nc2ccccc2c(=O)[nH]1. The Morgan fingerprint density at radius 3 is 2.71 bits per heavy atom. The molecule has 0 unspecified atom stereocenters. The van der Waals surface area contributed by atoms with Crippen molar-refractivity contribution >= 4 is 16.8 Å². The summed E-state index contributed by atoms with van der Waals surface area (Å²) in [7, 11) is 4.04. The maximum Gasteiger partial charge on any atom is 0.258 e. The summed E-state index contributed by atoms with van der Waals surface area (Å²) < 4.78 is 0. The molecule has 6 heteroatoms. The third-order valence-corrected chi connectivity index (χ3v) is 3.76. The molecule has 0 aliphatic heterocycles. The number of nitrogens with zero attached hydrogens (tertiary/aromatic N) is 2. The lowest BCUT2D eigenvalue weighted by molar-refractivity contribution is -0.121. The fourth-order valence-corrected chi connectivity index (χ4v) is 2.82. The summed E-state index contributed by atoms with van der Waals surface area (Å²) in [4.78, 5) is 33.3. The van der Waals surface area contributed by atoms with Crippen molar-refractivity contribution < 1.29 is 4.79 Å². The molecular weight excluding hydrogens is 304 g/mol. The Hall–Kier alpha value is -2.21. The summed E-state index contributed by atoms with van der Waals surface area (Å²) >= 11 is 0. The highest BCUT2D eigenvalue weighted by Gasteiger charge is 2.19. The van der Waals surface area contributed by atoms with E-state index in [1.54, 1.807) is 12.1 Å². The molecule has 0 aliphatic carbocycles. The number of carbonyl (C=O) groups excluding carboxylic acids is 1. The quantitative estimate of drug-likeness (QED) is 0.807. The molecule has 1 aromatic heterocycles. The van der Waals surface area contributed by atoms with Gasteiger partial charge in [-0.25, -0.2) is 4.98 Å². The fraction of sp³-hybridized carbons (Fsp3) is 0.500. The lowest BCUT2D eigenvalue weighted by atomic mass is 9.93. The summed E-state index contributed by atoms with van der Waals surface area (Å²) in [5.74, 6) is 0.513. The standard InChI is InChI=1S/C18H26N4O2/c1-18(2,12-22(3)4)11-19-16(23)10-9-15-20-14-8-6-5-7-13(14)17(24)21-15/h5-8H,9-12H2,1-4H3,(H,19,23)(H,20,21,24). The molecule has 24 heavy (non-hydrogen) atoms. The highest BCUT2D eigenvalue weighted by molar-refractivity contribution is 5.78. The molecule has 6 nitrogen and oxygen atoms in total. The smallest absolute Gasteiger partial charge is 0.258 e. The Morgan fingerprint density at radius 1 is 1.29 bits per heavy atom. The molecule has 2 N–H and O–H groups in total. The van der Waals surface area contributed by atoms with Crippen LogP contribution in [0.2, 0.25) is 0 Å². The van der Waals surface area contributed by atoms with Gasteiger partial charge in [-0.2, -0.15) is 0 Å². The van der Waals surface area contributed by atoms with E-state index in [1.807, 2.05) is 26.2 Å². The van der Waals surface area contributed by atoms with Crippen LogP contribution in [0.5, 0.6) is 0 Å². The van der Waals surface area contributed by atoms with Gasteiger partial charge in [0, 0.05) is 25.9 Å². The lowest BCUT2D eigenvalue weighted by Gasteiger charge is -2.28. The van der Waals surface area contributed by atoms with E-state index in [-0.39, 0.29) is 16.9 Å². The van der Waals surface area contributed by atoms with Gasteiger partial charge in [-0.15, -0.1) is 0 Å². The number of aryl methyl sites for hydroxylation is 1. The minimum atomic E-state index is -0.164. The van der Waals surface area contributed by atoms with Crippen molar-refractivity contribution in [2.24, 2.45) is 5.41 Å². The normalized spacial score (nSPS) is 11.9. The average Bonchev–Trinajstić information content (AvgIpc) is 2.50. The zero-order valence-corrected chi connectivity index (χ0v) is 14.8. The van der Waals surface area contributed by atoms with E-state index >= 15 is 0 Å². The van der Waals surface area contributed by atoms with Crippen LogP contribution in [0.15, 0.2) is 29.1 Å². The first-order valence-electron chi connectivity index (χ1n) is 8.16. The Balaban J connectivity index is 1.91. The summed E-state index contributed by atoms with van der Waals surface area (Å²) in [6.07, 6.45) is 0.722. The summed E-state index contributed by atoms with van der Waals surface area (Å²) in [6.45, 7) is 5.75. The van der Waals surface area contributed by atoms with E-state index in [2.05, 4.69) is 34.0 Å². The Labute approximate surface area is 142 Å². The molecule has 0 atom stereocenters. The van der Waals surface area contributed by atoms with Crippen LogP contribution in [0.1, 0.15) is 26.1 Å². The number of aromatic nitrogens is 2. The predicted octanol–water partition coefficient (Wildman–Crippen LogP) is 1.56. The van der Waals surface area contributed by atoms with Crippen molar-refractivity contribution in [1.29, 1.82) is 0 Å². The molecule has 2 aromatic rings. The largest absolute Gasteiger partial charge is 0.356 e. The van der Waals surface area contributed by atoms with Crippen molar-refractivity contribution in [3.63, 3.8) is 0 Å². The molecule has 0 saturated heterocycles. The van der Waals surface area contributed by atoms with E-state index < -0.39 is 0 Å². The van der Waals surface area contributed by atoms with Gasteiger partial charge < -0.3 is 15.2 Å². The molecule has 0 saturated carbocycles. The maximum atomic E-state index is 12.1. The molecule has 0 radical (unpaired) electrons. The number of fused-ring (bicyclic) bond motifs is 1. The van der Waals surface area contributed by atoms with Crippen LogP contribution in [-0.4, -0.2) is 48.0 Å². The number of para-hydroxylation sites is 1. The van der Waals surface area contributed by atoms with Gasteiger partial charge >= 0.3 is 0 Å². The van der Waals surface area contributed by atoms with Crippen LogP contribution >= 0.6 is 0 Å². The van der Waals surface area contributed by atoms with E-state index in [0.29, 0.717) is 36.1 Å². The maximum absolute atomic E-state index is 12.1. The third kappa shape index (κ3) is 5.16. The molecule has 2 rings (SSSR count). The number of carbonyl (C=O) groups is 1. The van der Waals surface area contributed by atoms with Gasteiger partial charge in [-0.1, -0.05) is 26.0 Å². The van der Waals surface area contributed by atoms with Crippen molar-refractivity contribution in [2.75, 3.05) is 27.2 Å². The first-order valence-corrected chi connectivity index (χ1v) is 8.16. The number of hydrogen-bond donors (Lipinski definition) is 2. The van der Waals surface area contributed by atoms with Gasteiger partial charge in [0.25, 0.3) is 5.56 Å². The van der Waals surface area contributed by atoms with Crippen LogP contribution < -0.4 is 10.9 Å².